The molecule has 9 nitrogen and oxygen atoms in total. The number of ether oxygens (including phenoxy) is 2. The zero-order valence-electron chi connectivity index (χ0n) is 16.1. The van der Waals surface area contributed by atoms with Crippen LogP contribution in [0.3, 0.4) is 0 Å². The Labute approximate surface area is 178 Å². The van der Waals surface area contributed by atoms with Crippen LogP contribution in [0.2, 0.25) is 5.02 Å². The standard InChI is InChI=1S/C19H19ClN2O7S/c1-10-7-12(21-18(24)19(25)28-2)8-14(20)17(10)29-13-5-6-15(23)16(9-13)30(26,27)22-11-3-4-11/h5-9,11,22-23H,3-4H2,1-2H3,(H,21,24). The van der Waals surface area contributed by atoms with Gasteiger partial charge >= 0.3 is 11.9 Å². The van der Waals surface area contributed by atoms with Gasteiger partial charge in [0.15, 0.2) is 0 Å². The SMILES string of the molecule is COC(=O)C(=O)Nc1cc(C)c(Oc2ccc(O)c(S(=O)(=O)NC3CC3)c2)c(Cl)c1. The first kappa shape index (κ1) is 21.9. The van der Waals surface area contributed by atoms with Crippen molar-refractivity contribution in [3.63, 3.8) is 0 Å². The van der Waals surface area contributed by atoms with Crippen LogP contribution in [-0.4, -0.2) is 38.6 Å². The van der Waals surface area contributed by atoms with Gasteiger partial charge in [0.25, 0.3) is 0 Å². The summed E-state index contributed by atoms with van der Waals surface area (Å²) < 4.78 is 37.5. The highest BCUT2D eigenvalue weighted by Gasteiger charge is 2.30. The molecule has 0 saturated heterocycles. The molecule has 2 aromatic rings. The zero-order chi connectivity index (χ0) is 22.1. The highest BCUT2D eigenvalue weighted by Crippen LogP contribution is 2.37. The lowest BCUT2D eigenvalue weighted by Crippen LogP contribution is -2.25. The van der Waals surface area contributed by atoms with E-state index in [4.69, 9.17) is 16.3 Å². The summed E-state index contributed by atoms with van der Waals surface area (Å²) in [5, 5.41) is 12.5. The van der Waals surface area contributed by atoms with Crippen LogP contribution >= 0.6 is 11.6 Å². The lowest BCUT2D eigenvalue weighted by Gasteiger charge is -2.14. The fourth-order valence-corrected chi connectivity index (χ4v) is 4.30. The van der Waals surface area contributed by atoms with Gasteiger partial charge in [-0.1, -0.05) is 11.6 Å². The van der Waals surface area contributed by atoms with Gasteiger partial charge < -0.3 is 19.9 Å². The van der Waals surface area contributed by atoms with Crippen LogP contribution in [0.1, 0.15) is 18.4 Å². The Morgan fingerprint density at radius 3 is 2.50 bits per heavy atom. The number of methoxy groups -OCH3 is 1. The third kappa shape index (κ3) is 5.02. The molecule has 1 fully saturated rings. The van der Waals surface area contributed by atoms with Crippen LogP contribution in [0.15, 0.2) is 35.2 Å². The first-order valence-corrected chi connectivity index (χ1v) is 10.7. The molecule has 3 rings (SSSR count). The third-order valence-electron chi connectivity index (χ3n) is 4.20. The van der Waals surface area contributed by atoms with Crippen LogP contribution < -0.4 is 14.8 Å². The number of rotatable bonds is 6. The van der Waals surface area contributed by atoms with E-state index in [-0.39, 0.29) is 33.1 Å². The first-order chi connectivity index (χ1) is 14.1. The van der Waals surface area contributed by atoms with Gasteiger partial charge in [-0.3, -0.25) is 4.79 Å². The zero-order valence-corrected chi connectivity index (χ0v) is 17.6. The molecule has 1 amide bonds. The number of hydrogen-bond donors (Lipinski definition) is 3. The number of phenolic OH excluding ortho intramolecular Hbond substituents is 1. The number of anilines is 1. The fraction of sp³-hybridized carbons (Fsp3) is 0.263. The number of carbonyl (C=O) groups excluding carboxylic acids is 2. The quantitative estimate of drug-likeness (QED) is 0.451. The minimum absolute atomic E-state index is 0.115. The van der Waals surface area contributed by atoms with E-state index in [1.165, 1.54) is 30.3 Å². The van der Waals surface area contributed by atoms with Crippen molar-refractivity contribution < 1.29 is 32.6 Å². The monoisotopic (exact) mass is 454 g/mol. The molecule has 0 aliphatic heterocycles. The molecule has 0 atom stereocenters. The van der Waals surface area contributed by atoms with Crippen molar-refractivity contribution in [1.29, 1.82) is 0 Å². The lowest BCUT2D eigenvalue weighted by molar-refractivity contribution is -0.150. The van der Waals surface area contributed by atoms with Crippen molar-refractivity contribution in [2.75, 3.05) is 12.4 Å². The predicted molar refractivity (Wildman–Crippen MR) is 108 cm³/mol. The molecule has 3 N–H and O–H groups in total. The van der Waals surface area contributed by atoms with Gasteiger partial charge in [-0.25, -0.2) is 17.9 Å². The molecule has 11 heteroatoms. The fourth-order valence-electron chi connectivity index (χ4n) is 2.58. The molecule has 160 valence electrons. The van der Waals surface area contributed by atoms with Gasteiger partial charge in [0.05, 0.1) is 12.1 Å². The van der Waals surface area contributed by atoms with E-state index in [0.717, 1.165) is 20.0 Å². The van der Waals surface area contributed by atoms with Crippen molar-refractivity contribution in [3.05, 3.63) is 40.9 Å². The number of sulfonamides is 1. The number of aryl methyl sites for hydroxylation is 1. The van der Waals surface area contributed by atoms with Crippen molar-refractivity contribution in [3.8, 4) is 17.2 Å². The molecule has 0 unspecified atom stereocenters. The maximum Gasteiger partial charge on any atom is 0.396 e. The summed E-state index contributed by atoms with van der Waals surface area (Å²) in [6.45, 7) is 1.65. The number of carbonyl (C=O) groups is 2. The van der Waals surface area contributed by atoms with Crippen LogP contribution in [0.25, 0.3) is 0 Å². The van der Waals surface area contributed by atoms with Gasteiger partial charge in [-0.2, -0.15) is 0 Å². The summed E-state index contributed by atoms with van der Waals surface area (Å²) in [5.74, 6) is -2.06. The Morgan fingerprint density at radius 2 is 1.90 bits per heavy atom. The van der Waals surface area contributed by atoms with Gasteiger partial charge in [0.2, 0.25) is 10.0 Å². The van der Waals surface area contributed by atoms with E-state index in [1.54, 1.807) is 6.92 Å². The highest BCUT2D eigenvalue weighted by molar-refractivity contribution is 7.89. The van der Waals surface area contributed by atoms with Crippen molar-refractivity contribution >= 4 is 39.2 Å². The normalized spacial score (nSPS) is 13.6. The summed E-state index contributed by atoms with van der Waals surface area (Å²) in [5.41, 5.74) is 0.763. The van der Waals surface area contributed by atoms with Gasteiger partial charge in [0, 0.05) is 17.8 Å². The van der Waals surface area contributed by atoms with Crippen molar-refractivity contribution in [1.82, 2.24) is 4.72 Å². The second-order valence-electron chi connectivity index (χ2n) is 6.68. The summed E-state index contributed by atoms with van der Waals surface area (Å²) >= 11 is 6.25. The number of phenols is 1. The van der Waals surface area contributed by atoms with Crippen molar-refractivity contribution in [2.45, 2.75) is 30.7 Å². The summed E-state index contributed by atoms with van der Waals surface area (Å²) in [7, 11) is -2.81. The summed E-state index contributed by atoms with van der Waals surface area (Å²) in [6, 6.07) is 6.58. The Bertz CT molecular complexity index is 1090. The number of aromatic hydroxyl groups is 1. The van der Waals surface area contributed by atoms with Crippen LogP contribution in [0, 0.1) is 6.92 Å². The largest absolute Gasteiger partial charge is 0.507 e. The molecule has 2 aromatic carbocycles. The second-order valence-corrected chi connectivity index (χ2v) is 8.77. The summed E-state index contributed by atoms with van der Waals surface area (Å²) in [6.07, 6.45) is 1.51. The Morgan fingerprint density at radius 1 is 1.20 bits per heavy atom. The maximum atomic E-state index is 12.4. The number of halogens is 1. The third-order valence-corrected chi connectivity index (χ3v) is 6.03. The smallest absolute Gasteiger partial charge is 0.396 e. The molecular weight excluding hydrogens is 436 g/mol. The van der Waals surface area contributed by atoms with Gasteiger partial charge in [0.1, 0.15) is 22.1 Å². The number of amides is 1. The lowest BCUT2D eigenvalue weighted by atomic mass is 10.2. The Hall–Kier alpha value is -2.82. The summed E-state index contributed by atoms with van der Waals surface area (Å²) in [4.78, 5) is 22.6. The average molecular weight is 455 g/mol. The van der Waals surface area contributed by atoms with E-state index < -0.39 is 27.6 Å². The van der Waals surface area contributed by atoms with Gasteiger partial charge in [-0.05, 0) is 49.6 Å². The van der Waals surface area contributed by atoms with Gasteiger partial charge in [-0.15, -0.1) is 0 Å². The molecule has 1 saturated carbocycles. The molecule has 0 aromatic heterocycles. The Balaban J connectivity index is 1.85. The topological polar surface area (TPSA) is 131 Å². The number of nitrogens with one attached hydrogen (secondary N) is 2. The van der Waals surface area contributed by atoms with E-state index in [0.29, 0.717) is 5.56 Å². The molecule has 0 bridgehead atoms. The van der Waals surface area contributed by atoms with Crippen molar-refractivity contribution in [2.24, 2.45) is 0 Å². The number of esters is 1. The number of hydrogen-bond acceptors (Lipinski definition) is 7. The molecule has 30 heavy (non-hydrogen) atoms. The van der Waals surface area contributed by atoms with Crippen LogP contribution in [-0.2, 0) is 24.3 Å². The highest BCUT2D eigenvalue weighted by atomic mass is 35.5. The molecular formula is C19H19ClN2O7S. The van der Waals surface area contributed by atoms with E-state index in [2.05, 4.69) is 14.8 Å². The molecule has 1 aliphatic carbocycles. The second kappa shape index (κ2) is 8.50. The first-order valence-electron chi connectivity index (χ1n) is 8.83. The average Bonchev–Trinajstić information content (AvgIpc) is 3.48. The van der Waals surface area contributed by atoms with E-state index in [1.807, 2.05) is 0 Å². The minimum Gasteiger partial charge on any atom is -0.507 e. The van der Waals surface area contributed by atoms with Crippen LogP contribution in [0.4, 0.5) is 5.69 Å². The molecule has 0 radical (unpaired) electrons. The van der Waals surface area contributed by atoms with Crippen LogP contribution in [0.5, 0.6) is 17.2 Å². The van der Waals surface area contributed by atoms with E-state index >= 15 is 0 Å². The number of benzene rings is 2. The van der Waals surface area contributed by atoms with E-state index in [9.17, 15) is 23.1 Å². The predicted octanol–water partition coefficient (Wildman–Crippen LogP) is 2.70. The minimum atomic E-state index is -3.90. The molecule has 1 aliphatic rings. The molecule has 0 heterocycles. The maximum absolute atomic E-state index is 12.4. The molecule has 0 spiro atoms. The Kier molecular flexibility index (Phi) is 6.20.